The molecule has 0 rings (SSSR count). The van der Waals surface area contributed by atoms with Crippen molar-refractivity contribution in [3.8, 4) is 0 Å². The van der Waals surface area contributed by atoms with Crippen LogP contribution in [0.4, 0.5) is 0 Å². The van der Waals surface area contributed by atoms with Crippen molar-refractivity contribution in [3.05, 3.63) is 0 Å². The molecule has 0 aromatic carbocycles. The van der Waals surface area contributed by atoms with Crippen LogP contribution in [-0.4, -0.2) is 96.7 Å². The maximum absolute atomic E-state index is 13.1. The highest BCUT2D eigenvalue weighted by atomic mass is 31.2. The largest absolute Gasteiger partial charge is 0.472 e. The van der Waals surface area contributed by atoms with Crippen LogP contribution in [-0.2, 0) is 65.4 Å². The van der Waals surface area contributed by atoms with Crippen molar-refractivity contribution >= 4 is 39.5 Å². The van der Waals surface area contributed by atoms with Crippen molar-refractivity contribution in [1.29, 1.82) is 0 Å². The molecular formula is C73H142O17P2. The molecule has 2 unspecified atom stereocenters. The number of phosphoric ester groups is 2. The van der Waals surface area contributed by atoms with Crippen LogP contribution >= 0.6 is 15.6 Å². The number of aliphatic hydroxyl groups is 1. The Balaban J connectivity index is 5.25. The lowest BCUT2D eigenvalue weighted by atomic mass is 10.0. The Hall–Kier alpha value is -1.94. The summed E-state index contributed by atoms with van der Waals surface area (Å²) in [6.07, 6.45) is 51.1. The SMILES string of the molecule is CCCCCCCCCCCCCCCC(=O)O[C@H](COC(=O)CCCCCCCCCCCC)COP(=O)(O)OC[C@H](O)COP(=O)(O)OC[C@@H](COC(=O)CCCCCCCCCCCCCC(C)C)OC(=O)CCCCCCCCCCCCCCC(C)C. The zero-order valence-electron chi connectivity index (χ0n) is 59.9. The molecule has 0 aliphatic rings. The molecule has 0 spiro atoms. The second-order valence-electron chi connectivity index (χ2n) is 27.3. The Morgan fingerprint density at radius 3 is 0.739 bits per heavy atom. The van der Waals surface area contributed by atoms with Crippen LogP contribution in [0.5, 0.6) is 0 Å². The number of carbonyl (C=O) groups excluding carboxylic acids is 4. The topological polar surface area (TPSA) is 237 Å². The van der Waals surface area contributed by atoms with Crippen molar-refractivity contribution < 1.29 is 80.2 Å². The van der Waals surface area contributed by atoms with E-state index >= 15 is 0 Å². The van der Waals surface area contributed by atoms with Gasteiger partial charge in [0.25, 0.3) is 0 Å². The van der Waals surface area contributed by atoms with E-state index in [1.165, 1.54) is 193 Å². The van der Waals surface area contributed by atoms with Gasteiger partial charge in [0.1, 0.15) is 19.3 Å². The number of carbonyl (C=O) groups is 4. The maximum Gasteiger partial charge on any atom is 0.472 e. The Morgan fingerprint density at radius 1 is 0.293 bits per heavy atom. The first kappa shape index (κ1) is 90.1. The summed E-state index contributed by atoms with van der Waals surface area (Å²) in [6.45, 7) is 9.58. The highest BCUT2D eigenvalue weighted by Gasteiger charge is 2.30. The van der Waals surface area contributed by atoms with Gasteiger partial charge in [0, 0.05) is 25.7 Å². The molecule has 546 valence electrons. The minimum absolute atomic E-state index is 0.107. The molecule has 19 heteroatoms. The van der Waals surface area contributed by atoms with Crippen molar-refractivity contribution in [2.75, 3.05) is 39.6 Å². The molecule has 0 radical (unpaired) electrons. The van der Waals surface area contributed by atoms with Gasteiger partial charge >= 0.3 is 39.5 Å². The molecule has 0 saturated heterocycles. The summed E-state index contributed by atoms with van der Waals surface area (Å²) >= 11 is 0. The van der Waals surface area contributed by atoms with E-state index in [0.29, 0.717) is 25.7 Å². The summed E-state index contributed by atoms with van der Waals surface area (Å²) in [6, 6.07) is 0. The normalized spacial score (nSPS) is 14.1. The Morgan fingerprint density at radius 2 is 0.500 bits per heavy atom. The van der Waals surface area contributed by atoms with Gasteiger partial charge in [-0.3, -0.25) is 37.3 Å². The molecule has 17 nitrogen and oxygen atoms in total. The van der Waals surface area contributed by atoms with E-state index in [4.69, 9.17) is 37.0 Å². The van der Waals surface area contributed by atoms with Crippen molar-refractivity contribution in [3.63, 3.8) is 0 Å². The maximum atomic E-state index is 13.1. The molecule has 0 aliphatic carbocycles. The van der Waals surface area contributed by atoms with E-state index in [-0.39, 0.29) is 25.7 Å². The first-order valence-electron chi connectivity index (χ1n) is 38.0. The zero-order chi connectivity index (χ0) is 67.9. The van der Waals surface area contributed by atoms with E-state index < -0.39 is 97.5 Å². The lowest BCUT2D eigenvalue weighted by Gasteiger charge is -2.21. The minimum atomic E-state index is -4.95. The molecule has 0 bridgehead atoms. The number of hydrogen-bond acceptors (Lipinski definition) is 15. The molecular weight excluding hydrogens is 1210 g/mol. The molecule has 0 fully saturated rings. The fourth-order valence-corrected chi connectivity index (χ4v) is 12.7. The third-order valence-electron chi connectivity index (χ3n) is 17.0. The van der Waals surface area contributed by atoms with E-state index in [1.54, 1.807) is 0 Å². The van der Waals surface area contributed by atoms with Gasteiger partial charge in [-0.2, -0.15) is 0 Å². The van der Waals surface area contributed by atoms with Gasteiger partial charge in [-0.15, -0.1) is 0 Å². The highest BCUT2D eigenvalue weighted by molar-refractivity contribution is 7.47. The summed E-state index contributed by atoms with van der Waals surface area (Å²) in [4.78, 5) is 72.7. The second-order valence-corrected chi connectivity index (χ2v) is 30.2. The van der Waals surface area contributed by atoms with E-state index in [1.807, 2.05) is 0 Å². The first-order chi connectivity index (χ1) is 44.4. The highest BCUT2D eigenvalue weighted by Crippen LogP contribution is 2.45. The number of ether oxygens (including phenoxy) is 4. The fraction of sp³-hybridized carbons (Fsp3) is 0.945. The molecule has 92 heavy (non-hydrogen) atoms. The molecule has 5 atom stereocenters. The van der Waals surface area contributed by atoms with Crippen LogP contribution in [0.3, 0.4) is 0 Å². The standard InChI is InChI=1S/C73H142O17P2/c1-7-9-11-13-15-17-19-20-26-33-39-45-51-57-72(77)89-68(61-83-70(75)55-49-43-37-31-18-16-14-12-10-8-2)63-87-91(79,80)85-59-67(74)60-86-92(81,82)88-64-69(62-84-71(76)56-50-44-38-32-28-23-25-30-36-42-48-54-66(5)6)90-73(78)58-52-46-40-34-27-22-21-24-29-35-41-47-53-65(3)4/h65-69,74H,7-64H2,1-6H3,(H,79,80)(H,81,82)/t67-,68+,69+/m0/s1. The van der Waals surface area contributed by atoms with Crippen molar-refractivity contribution in [1.82, 2.24) is 0 Å². The van der Waals surface area contributed by atoms with Gasteiger partial charge in [0.2, 0.25) is 0 Å². The minimum Gasteiger partial charge on any atom is -0.462 e. The lowest BCUT2D eigenvalue weighted by Crippen LogP contribution is -2.30. The quantitative estimate of drug-likeness (QED) is 0.0222. The second kappa shape index (κ2) is 65.0. The van der Waals surface area contributed by atoms with Gasteiger partial charge in [0.15, 0.2) is 12.2 Å². The predicted octanol–water partition coefficient (Wildman–Crippen LogP) is 21.2. The van der Waals surface area contributed by atoms with Crippen LogP contribution in [0, 0.1) is 11.8 Å². The van der Waals surface area contributed by atoms with Crippen molar-refractivity contribution in [2.24, 2.45) is 11.8 Å². The number of aliphatic hydroxyl groups excluding tert-OH is 1. The Bertz CT molecular complexity index is 1790. The van der Waals surface area contributed by atoms with E-state index in [0.717, 1.165) is 102 Å². The van der Waals surface area contributed by atoms with E-state index in [2.05, 4.69) is 41.5 Å². The third-order valence-corrected chi connectivity index (χ3v) is 18.9. The number of rotatable bonds is 72. The summed E-state index contributed by atoms with van der Waals surface area (Å²) in [5, 5.41) is 10.6. The molecule has 0 saturated carbocycles. The van der Waals surface area contributed by atoms with Crippen molar-refractivity contribution in [2.45, 2.75) is 394 Å². The zero-order valence-corrected chi connectivity index (χ0v) is 61.6. The molecule has 3 N–H and O–H groups in total. The average Bonchev–Trinajstić information content (AvgIpc) is 2.84. The Labute approximate surface area is 562 Å². The average molecular weight is 1350 g/mol. The van der Waals surface area contributed by atoms with Gasteiger partial charge in [-0.05, 0) is 37.5 Å². The van der Waals surface area contributed by atoms with Gasteiger partial charge in [-0.25, -0.2) is 9.13 Å². The smallest absolute Gasteiger partial charge is 0.462 e. The summed E-state index contributed by atoms with van der Waals surface area (Å²) in [5.41, 5.74) is 0. The predicted molar refractivity (Wildman–Crippen MR) is 372 cm³/mol. The van der Waals surface area contributed by atoms with Gasteiger partial charge < -0.3 is 33.8 Å². The molecule has 0 aromatic rings. The van der Waals surface area contributed by atoms with Crippen LogP contribution in [0.2, 0.25) is 0 Å². The van der Waals surface area contributed by atoms with Crippen LogP contribution in [0.15, 0.2) is 0 Å². The molecule has 0 aromatic heterocycles. The van der Waals surface area contributed by atoms with Gasteiger partial charge in [-0.1, -0.05) is 324 Å². The lowest BCUT2D eigenvalue weighted by molar-refractivity contribution is -0.161. The molecule has 0 heterocycles. The number of hydrogen-bond donors (Lipinski definition) is 3. The van der Waals surface area contributed by atoms with Crippen LogP contribution < -0.4 is 0 Å². The van der Waals surface area contributed by atoms with Crippen LogP contribution in [0.25, 0.3) is 0 Å². The number of unbranched alkanes of at least 4 members (excludes halogenated alkanes) is 42. The van der Waals surface area contributed by atoms with Crippen LogP contribution in [0.1, 0.15) is 375 Å². The van der Waals surface area contributed by atoms with E-state index in [9.17, 15) is 43.2 Å². The first-order valence-corrected chi connectivity index (χ1v) is 41.0. The van der Waals surface area contributed by atoms with Gasteiger partial charge in [0.05, 0.1) is 26.4 Å². The number of phosphoric acid groups is 2. The number of esters is 4. The molecule has 0 amide bonds. The summed E-state index contributed by atoms with van der Waals surface area (Å²) < 4.78 is 68.4. The monoisotopic (exact) mass is 1350 g/mol. The third kappa shape index (κ3) is 66.7. The summed E-state index contributed by atoms with van der Waals surface area (Å²) in [7, 11) is -9.90. The summed E-state index contributed by atoms with van der Waals surface area (Å²) in [5.74, 6) is -0.570. The molecule has 0 aliphatic heterocycles. The fourth-order valence-electron chi connectivity index (χ4n) is 11.1. The Kier molecular flexibility index (Phi) is 63.7.